The van der Waals surface area contributed by atoms with Crippen LogP contribution in [0.3, 0.4) is 0 Å². The lowest BCUT2D eigenvalue weighted by molar-refractivity contribution is -0.140. The number of aliphatic hydroxyl groups is 1. The van der Waals surface area contributed by atoms with Crippen molar-refractivity contribution in [3.8, 4) is 11.5 Å². The summed E-state index contributed by atoms with van der Waals surface area (Å²) >= 11 is 0. The molecule has 9 nitrogen and oxygen atoms in total. The Kier molecular flexibility index (Phi) is 9.00. The molecular formula is C33H34N2O7. The fraction of sp³-hybridized carbons (Fsp3) is 0.303. The molecule has 2 aliphatic rings. The molecule has 2 fully saturated rings. The van der Waals surface area contributed by atoms with Gasteiger partial charge in [-0.25, -0.2) is 4.79 Å². The summed E-state index contributed by atoms with van der Waals surface area (Å²) in [6.07, 6.45) is 0.637. The first-order chi connectivity index (χ1) is 20.4. The maximum absolute atomic E-state index is 13.4. The van der Waals surface area contributed by atoms with Gasteiger partial charge < -0.3 is 24.2 Å². The minimum atomic E-state index is -0.858. The van der Waals surface area contributed by atoms with Gasteiger partial charge in [-0.05, 0) is 43.2 Å². The van der Waals surface area contributed by atoms with E-state index in [1.54, 1.807) is 60.7 Å². The van der Waals surface area contributed by atoms with Crippen molar-refractivity contribution < 1.29 is 33.7 Å². The van der Waals surface area contributed by atoms with Gasteiger partial charge in [-0.1, -0.05) is 54.1 Å². The second kappa shape index (κ2) is 13.0. The van der Waals surface area contributed by atoms with Gasteiger partial charge in [0.1, 0.15) is 5.76 Å². The van der Waals surface area contributed by atoms with Crippen LogP contribution in [0.5, 0.6) is 11.5 Å². The zero-order valence-corrected chi connectivity index (χ0v) is 23.7. The van der Waals surface area contributed by atoms with Gasteiger partial charge in [-0.3, -0.25) is 14.5 Å². The number of amides is 1. The Morgan fingerprint density at radius 2 is 1.64 bits per heavy atom. The van der Waals surface area contributed by atoms with Crippen LogP contribution in [0, 0.1) is 6.92 Å². The van der Waals surface area contributed by atoms with E-state index in [0.29, 0.717) is 42.9 Å². The number of hydrogen-bond donors (Lipinski definition) is 1. The molecule has 1 amide bonds. The number of Topliss-reactive ketones (excluding diaryl/α,β-unsaturated/α-hetero) is 1. The molecule has 0 radical (unpaired) electrons. The van der Waals surface area contributed by atoms with Gasteiger partial charge in [0, 0.05) is 31.7 Å². The highest BCUT2D eigenvalue weighted by atomic mass is 16.6. The minimum absolute atomic E-state index is 0.00584. The summed E-state index contributed by atoms with van der Waals surface area (Å²) in [6, 6.07) is 19.8. The Balaban J connectivity index is 1.49. The molecule has 2 aliphatic heterocycles. The zero-order valence-electron chi connectivity index (χ0n) is 23.7. The van der Waals surface area contributed by atoms with Crippen molar-refractivity contribution in [2.45, 2.75) is 19.4 Å². The number of carbonyl (C=O) groups excluding carboxylic acids is 3. The number of nitrogens with zero attached hydrogens (tertiary/aromatic N) is 2. The number of aryl methyl sites for hydroxylation is 1. The van der Waals surface area contributed by atoms with Crippen LogP contribution >= 0.6 is 0 Å². The molecule has 9 heteroatoms. The SMILES string of the molecule is COc1cc(C2/C(=C(\O)c3ccc(C)cc3)C(=O)C(=O)N2CCCN2CCOCC2)ccc1OC(=O)c1ccccc1. The molecule has 218 valence electrons. The number of esters is 1. The summed E-state index contributed by atoms with van der Waals surface area (Å²) in [6.45, 7) is 5.95. The largest absolute Gasteiger partial charge is 0.507 e. The summed E-state index contributed by atoms with van der Waals surface area (Å²) in [4.78, 5) is 43.3. The Bertz CT molecular complexity index is 1480. The molecule has 0 bridgehead atoms. The average Bonchev–Trinajstić information content (AvgIpc) is 3.27. The van der Waals surface area contributed by atoms with Gasteiger partial charge in [0.25, 0.3) is 11.7 Å². The summed E-state index contributed by atoms with van der Waals surface area (Å²) in [5.41, 5.74) is 2.38. The van der Waals surface area contributed by atoms with Crippen molar-refractivity contribution >= 4 is 23.4 Å². The van der Waals surface area contributed by atoms with Crippen LogP contribution in [0.1, 0.15) is 39.5 Å². The maximum Gasteiger partial charge on any atom is 0.343 e. The van der Waals surface area contributed by atoms with Crippen LogP contribution in [0.15, 0.2) is 78.4 Å². The van der Waals surface area contributed by atoms with E-state index in [-0.39, 0.29) is 22.8 Å². The smallest absolute Gasteiger partial charge is 0.343 e. The van der Waals surface area contributed by atoms with E-state index >= 15 is 0 Å². The lowest BCUT2D eigenvalue weighted by Crippen LogP contribution is -2.39. The third kappa shape index (κ3) is 6.22. The number of hydrogen-bond acceptors (Lipinski definition) is 8. The van der Waals surface area contributed by atoms with Crippen molar-refractivity contribution in [2.24, 2.45) is 0 Å². The fourth-order valence-corrected chi connectivity index (χ4v) is 5.29. The first kappa shape index (κ1) is 29.0. The number of ketones is 1. The van der Waals surface area contributed by atoms with Crippen LogP contribution in [0.2, 0.25) is 0 Å². The fourth-order valence-electron chi connectivity index (χ4n) is 5.29. The molecule has 0 aromatic heterocycles. The van der Waals surface area contributed by atoms with Gasteiger partial charge in [0.15, 0.2) is 11.5 Å². The number of carbonyl (C=O) groups is 3. The van der Waals surface area contributed by atoms with E-state index in [1.165, 1.54) is 12.0 Å². The van der Waals surface area contributed by atoms with Gasteiger partial charge in [-0.15, -0.1) is 0 Å². The van der Waals surface area contributed by atoms with Gasteiger partial charge >= 0.3 is 5.97 Å². The van der Waals surface area contributed by atoms with E-state index in [0.717, 1.165) is 25.2 Å². The van der Waals surface area contributed by atoms with Crippen molar-refractivity contribution in [1.82, 2.24) is 9.80 Å². The van der Waals surface area contributed by atoms with Gasteiger partial charge in [0.2, 0.25) is 0 Å². The Morgan fingerprint density at radius 1 is 0.929 bits per heavy atom. The number of rotatable bonds is 9. The van der Waals surface area contributed by atoms with Crippen molar-refractivity contribution in [3.63, 3.8) is 0 Å². The van der Waals surface area contributed by atoms with Crippen LogP contribution in [-0.2, 0) is 14.3 Å². The van der Waals surface area contributed by atoms with Crippen molar-refractivity contribution in [3.05, 3.63) is 101 Å². The van der Waals surface area contributed by atoms with Crippen LogP contribution < -0.4 is 9.47 Å². The van der Waals surface area contributed by atoms with Crippen LogP contribution in [-0.4, -0.2) is 79.1 Å². The molecule has 5 rings (SSSR count). The van der Waals surface area contributed by atoms with Gasteiger partial charge in [-0.2, -0.15) is 0 Å². The molecule has 42 heavy (non-hydrogen) atoms. The summed E-state index contributed by atoms with van der Waals surface area (Å²) in [5, 5.41) is 11.4. The van der Waals surface area contributed by atoms with E-state index < -0.39 is 23.7 Å². The molecule has 1 N–H and O–H groups in total. The highest BCUT2D eigenvalue weighted by Crippen LogP contribution is 2.42. The molecule has 1 unspecified atom stereocenters. The molecule has 2 heterocycles. The van der Waals surface area contributed by atoms with Crippen LogP contribution in [0.4, 0.5) is 0 Å². The topological polar surface area (TPSA) is 106 Å². The number of methoxy groups -OCH3 is 1. The number of morpholine rings is 1. The lowest BCUT2D eigenvalue weighted by Gasteiger charge is -2.29. The van der Waals surface area contributed by atoms with E-state index in [1.807, 2.05) is 19.1 Å². The van der Waals surface area contributed by atoms with E-state index in [9.17, 15) is 19.5 Å². The number of aliphatic hydroxyl groups excluding tert-OH is 1. The van der Waals surface area contributed by atoms with Gasteiger partial charge in [0.05, 0.1) is 37.5 Å². The first-order valence-corrected chi connectivity index (χ1v) is 14.0. The second-order valence-electron chi connectivity index (χ2n) is 10.3. The summed E-state index contributed by atoms with van der Waals surface area (Å²) in [7, 11) is 1.45. The summed E-state index contributed by atoms with van der Waals surface area (Å²) < 4.78 is 16.6. The zero-order chi connectivity index (χ0) is 29.6. The standard InChI is InChI=1S/C33H34N2O7/c1-22-9-11-23(12-10-22)30(36)28-29(35(32(38)31(28)37)16-6-15-34-17-19-41-20-18-34)25-13-14-26(27(21-25)40-2)42-33(39)24-7-4-3-5-8-24/h3-5,7-14,21,29,36H,6,15-20H2,1-2H3/b30-28+. The number of ether oxygens (including phenoxy) is 3. The molecule has 3 aromatic carbocycles. The number of benzene rings is 3. The van der Waals surface area contributed by atoms with Crippen molar-refractivity contribution in [2.75, 3.05) is 46.5 Å². The highest BCUT2D eigenvalue weighted by Gasteiger charge is 2.46. The van der Waals surface area contributed by atoms with E-state index in [2.05, 4.69) is 4.90 Å². The maximum atomic E-state index is 13.4. The molecule has 1 atom stereocenters. The Hall–Kier alpha value is -4.47. The quantitative estimate of drug-likeness (QED) is 0.133. The highest BCUT2D eigenvalue weighted by molar-refractivity contribution is 6.46. The molecule has 3 aromatic rings. The molecule has 0 spiro atoms. The third-order valence-corrected chi connectivity index (χ3v) is 7.56. The van der Waals surface area contributed by atoms with E-state index in [4.69, 9.17) is 14.2 Å². The molecule has 0 aliphatic carbocycles. The lowest BCUT2D eigenvalue weighted by atomic mass is 9.94. The predicted octanol–water partition coefficient (Wildman–Crippen LogP) is 4.37. The minimum Gasteiger partial charge on any atom is -0.507 e. The number of likely N-dealkylation sites (tertiary alicyclic amines) is 1. The molecular weight excluding hydrogens is 536 g/mol. The second-order valence-corrected chi connectivity index (χ2v) is 10.3. The Labute approximate surface area is 244 Å². The molecule has 0 saturated carbocycles. The monoisotopic (exact) mass is 570 g/mol. The van der Waals surface area contributed by atoms with Crippen LogP contribution in [0.25, 0.3) is 5.76 Å². The molecule has 2 saturated heterocycles. The normalized spacial score (nSPS) is 18.7. The summed E-state index contributed by atoms with van der Waals surface area (Å²) in [5.74, 6) is -1.76. The first-order valence-electron chi connectivity index (χ1n) is 14.0. The average molecular weight is 571 g/mol. The predicted molar refractivity (Wildman–Crippen MR) is 156 cm³/mol. The third-order valence-electron chi connectivity index (χ3n) is 7.56. The van der Waals surface area contributed by atoms with Crippen molar-refractivity contribution in [1.29, 1.82) is 0 Å². The Morgan fingerprint density at radius 3 is 2.33 bits per heavy atom.